The molecule has 0 saturated carbocycles. The van der Waals surface area contributed by atoms with Crippen molar-refractivity contribution in [1.29, 1.82) is 0 Å². The van der Waals surface area contributed by atoms with Crippen LogP contribution >= 0.6 is 0 Å². The second-order valence-electron chi connectivity index (χ2n) is 4.63. The monoisotopic (exact) mass is 185 g/mol. The van der Waals surface area contributed by atoms with Gasteiger partial charge in [-0.1, -0.05) is 40.5 Å². The summed E-state index contributed by atoms with van der Waals surface area (Å²) in [7, 11) is 2.12. The van der Waals surface area contributed by atoms with Crippen LogP contribution in [0.3, 0.4) is 0 Å². The van der Waals surface area contributed by atoms with Crippen molar-refractivity contribution in [2.75, 3.05) is 7.05 Å². The first-order valence-electron chi connectivity index (χ1n) is 5.79. The highest BCUT2D eigenvalue weighted by molar-refractivity contribution is 4.86. The molecule has 0 aliphatic carbocycles. The summed E-state index contributed by atoms with van der Waals surface area (Å²) in [4.78, 5) is 0. The first kappa shape index (κ1) is 13.0. The maximum atomic E-state index is 3.55. The van der Waals surface area contributed by atoms with Crippen LogP contribution in [0.1, 0.15) is 59.8 Å². The van der Waals surface area contributed by atoms with Crippen molar-refractivity contribution in [2.24, 2.45) is 5.92 Å². The molecule has 0 atom stereocenters. The molecule has 0 radical (unpaired) electrons. The van der Waals surface area contributed by atoms with Gasteiger partial charge in [-0.15, -0.1) is 0 Å². The van der Waals surface area contributed by atoms with Gasteiger partial charge >= 0.3 is 0 Å². The Bertz CT molecular complexity index is 112. The van der Waals surface area contributed by atoms with E-state index in [1.54, 1.807) is 0 Å². The second-order valence-corrected chi connectivity index (χ2v) is 4.63. The van der Waals surface area contributed by atoms with E-state index < -0.39 is 0 Å². The Morgan fingerprint density at radius 2 is 1.54 bits per heavy atom. The maximum absolute atomic E-state index is 3.55. The summed E-state index contributed by atoms with van der Waals surface area (Å²) < 4.78 is 0. The lowest BCUT2D eigenvalue weighted by atomic mass is 9.81. The van der Waals surface area contributed by atoms with E-state index in [1.165, 1.54) is 32.1 Å². The van der Waals surface area contributed by atoms with Crippen LogP contribution in [0.15, 0.2) is 0 Å². The largest absolute Gasteiger partial charge is 0.314 e. The smallest absolute Gasteiger partial charge is 0.0180 e. The van der Waals surface area contributed by atoms with Gasteiger partial charge < -0.3 is 5.32 Å². The van der Waals surface area contributed by atoms with Crippen LogP contribution in [0.5, 0.6) is 0 Å². The van der Waals surface area contributed by atoms with Gasteiger partial charge in [-0.3, -0.25) is 0 Å². The molecule has 0 rings (SSSR count). The quantitative estimate of drug-likeness (QED) is 0.639. The molecule has 0 fully saturated rings. The van der Waals surface area contributed by atoms with Crippen LogP contribution in [-0.2, 0) is 0 Å². The highest BCUT2D eigenvalue weighted by Crippen LogP contribution is 2.26. The first-order chi connectivity index (χ1) is 6.10. The summed E-state index contributed by atoms with van der Waals surface area (Å²) >= 11 is 0. The summed E-state index contributed by atoms with van der Waals surface area (Å²) in [6, 6.07) is 0. The average Bonchev–Trinajstić information content (AvgIpc) is 2.04. The topological polar surface area (TPSA) is 12.0 Å². The van der Waals surface area contributed by atoms with Gasteiger partial charge in [-0.25, -0.2) is 0 Å². The molecule has 0 aliphatic heterocycles. The van der Waals surface area contributed by atoms with Gasteiger partial charge in [0.25, 0.3) is 0 Å². The van der Waals surface area contributed by atoms with Crippen LogP contribution in [0.25, 0.3) is 0 Å². The molecule has 1 heteroatoms. The van der Waals surface area contributed by atoms with Crippen LogP contribution in [0.2, 0.25) is 0 Å². The molecule has 0 aliphatic rings. The highest BCUT2D eigenvalue weighted by atomic mass is 14.9. The predicted octanol–water partition coefficient (Wildman–Crippen LogP) is 3.59. The lowest BCUT2D eigenvalue weighted by molar-refractivity contribution is 0.243. The van der Waals surface area contributed by atoms with Crippen molar-refractivity contribution in [3.63, 3.8) is 0 Å². The minimum atomic E-state index is 0.414. The lowest BCUT2D eigenvalue weighted by Gasteiger charge is -2.35. The van der Waals surface area contributed by atoms with Gasteiger partial charge in [0.2, 0.25) is 0 Å². The zero-order valence-electron chi connectivity index (χ0n) is 10.1. The van der Waals surface area contributed by atoms with Crippen LogP contribution in [0.4, 0.5) is 0 Å². The summed E-state index contributed by atoms with van der Waals surface area (Å²) in [6.07, 6.45) is 6.51. The third-order valence-corrected chi connectivity index (χ3v) is 2.79. The predicted molar refractivity (Wildman–Crippen MR) is 61.1 cm³/mol. The molecule has 0 heterocycles. The van der Waals surface area contributed by atoms with E-state index >= 15 is 0 Å². The van der Waals surface area contributed by atoms with Gasteiger partial charge in [-0.2, -0.15) is 0 Å². The first-order valence-corrected chi connectivity index (χ1v) is 5.79. The van der Waals surface area contributed by atoms with E-state index in [0.29, 0.717) is 5.54 Å². The Morgan fingerprint density at radius 3 is 1.77 bits per heavy atom. The molecule has 80 valence electrons. The van der Waals surface area contributed by atoms with Crippen LogP contribution in [0, 0.1) is 5.92 Å². The molecule has 0 aromatic heterocycles. The fraction of sp³-hybridized carbons (Fsp3) is 1.00. The highest BCUT2D eigenvalue weighted by Gasteiger charge is 2.26. The number of hydrogen-bond donors (Lipinski definition) is 1. The van der Waals surface area contributed by atoms with E-state index in [4.69, 9.17) is 0 Å². The Kier molecular flexibility index (Phi) is 6.40. The lowest BCUT2D eigenvalue weighted by Crippen LogP contribution is -2.43. The number of nitrogens with one attached hydrogen (secondary N) is 1. The molecule has 1 nitrogen and oxygen atoms in total. The molecular formula is C12H27N. The van der Waals surface area contributed by atoms with Crippen LogP contribution in [-0.4, -0.2) is 12.6 Å². The Hall–Kier alpha value is -0.0400. The third-order valence-electron chi connectivity index (χ3n) is 2.79. The molecule has 0 amide bonds. The molecule has 0 aromatic carbocycles. The zero-order valence-corrected chi connectivity index (χ0v) is 10.1. The van der Waals surface area contributed by atoms with Gasteiger partial charge in [0.05, 0.1) is 0 Å². The Labute approximate surface area is 84.3 Å². The number of rotatable bonds is 7. The van der Waals surface area contributed by atoms with Gasteiger partial charge in [0.15, 0.2) is 0 Å². The maximum Gasteiger partial charge on any atom is 0.0180 e. The Balaban J connectivity index is 4.24. The van der Waals surface area contributed by atoms with Gasteiger partial charge in [0.1, 0.15) is 0 Å². The van der Waals surface area contributed by atoms with Crippen molar-refractivity contribution in [2.45, 2.75) is 65.3 Å². The SMILES string of the molecule is CCCC(CCC)(CC(C)C)NC. The molecule has 0 unspecified atom stereocenters. The minimum Gasteiger partial charge on any atom is -0.314 e. The average molecular weight is 185 g/mol. The van der Waals surface area contributed by atoms with E-state index in [1.807, 2.05) is 0 Å². The van der Waals surface area contributed by atoms with Crippen molar-refractivity contribution in [1.82, 2.24) is 5.32 Å². The van der Waals surface area contributed by atoms with Crippen molar-refractivity contribution in [3.8, 4) is 0 Å². The standard InChI is InChI=1S/C12H27N/c1-6-8-12(13-5,9-7-2)10-11(3)4/h11,13H,6-10H2,1-5H3. The van der Waals surface area contributed by atoms with Crippen molar-refractivity contribution in [3.05, 3.63) is 0 Å². The Morgan fingerprint density at radius 1 is 1.08 bits per heavy atom. The normalized spacial score (nSPS) is 12.5. The zero-order chi connectivity index (χ0) is 10.3. The molecule has 0 spiro atoms. The summed E-state index contributed by atoms with van der Waals surface area (Å²) in [5, 5.41) is 3.55. The van der Waals surface area contributed by atoms with Crippen LogP contribution < -0.4 is 5.32 Å². The van der Waals surface area contributed by atoms with E-state index in [-0.39, 0.29) is 0 Å². The minimum absolute atomic E-state index is 0.414. The summed E-state index contributed by atoms with van der Waals surface area (Å²) in [6.45, 7) is 9.19. The molecule has 13 heavy (non-hydrogen) atoms. The molecule has 0 saturated heterocycles. The van der Waals surface area contributed by atoms with Gasteiger partial charge in [0, 0.05) is 5.54 Å². The molecule has 1 N–H and O–H groups in total. The third kappa shape index (κ3) is 4.66. The number of hydrogen-bond acceptors (Lipinski definition) is 1. The van der Waals surface area contributed by atoms with E-state index in [2.05, 4.69) is 40.1 Å². The van der Waals surface area contributed by atoms with Crippen molar-refractivity contribution >= 4 is 0 Å². The fourth-order valence-electron chi connectivity index (χ4n) is 2.42. The second kappa shape index (κ2) is 6.42. The van der Waals surface area contributed by atoms with Crippen molar-refractivity contribution < 1.29 is 0 Å². The summed E-state index contributed by atoms with van der Waals surface area (Å²) in [5.41, 5.74) is 0.414. The van der Waals surface area contributed by atoms with E-state index in [9.17, 15) is 0 Å². The molecule has 0 aromatic rings. The van der Waals surface area contributed by atoms with E-state index in [0.717, 1.165) is 5.92 Å². The molecule has 0 bridgehead atoms. The summed E-state index contributed by atoms with van der Waals surface area (Å²) in [5.74, 6) is 0.797. The molecular weight excluding hydrogens is 158 g/mol. The van der Waals surface area contributed by atoms with Gasteiger partial charge in [-0.05, 0) is 32.2 Å². The fourth-order valence-corrected chi connectivity index (χ4v) is 2.42.